The molecule has 0 radical (unpaired) electrons. The van der Waals surface area contributed by atoms with Gasteiger partial charge in [0.15, 0.2) is 0 Å². The van der Waals surface area contributed by atoms with Crippen LogP contribution < -0.4 is 0 Å². The van der Waals surface area contributed by atoms with Crippen molar-refractivity contribution >= 4 is 24.6 Å². The second-order valence-corrected chi connectivity index (χ2v) is 4.11. The van der Waals surface area contributed by atoms with Crippen molar-refractivity contribution in [1.82, 2.24) is 5.06 Å². The van der Waals surface area contributed by atoms with Crippen molar-refractivity contribution < 1.29 is 32.7 Å². The molecule has 0 saturated carbocycles. The van der Waals surface area contributed by atoms with Gasteiger partial charge >= 0.3 is 11.9 Å². The highest BCUT2D eigenvalue weighted by Gasteiger charge is 2.33. The van der Waals surface area contributed by atoms with Crippen molar-refractivity contribution in [2.75, 3.05) is 14.2 Å². The number of hydrogen-bond acceptors (Lipinski definition) is 6. The number of hydroxylamine groups is 2. The molecule has 1 amide bonds. The molecule has 0 rings (SSSR count). The van der Waals surface area contributed by atoms with Crippen LogP contribution >= 0.6 is 0 Å². The second-order valence-electron chi connectivity index (χ2n) is 4.11. The Labute approximate surface area is 125 Å². The maximum Gasteiger partial charge on any atom is 0.343 e. The first kappa shape index (κ1) is 19.4. The molecule has 0 aliphatic rings. The minimum Gasteiger partial charge on any atom is -0.469 e. The van der Waals surface area contributed by atoms with E-state index in [1.807, 2.05) is 0 Å². The number of halogens is 2. The summed E-state index contributed by atoms with van der Waals surface area (Å²) < 4.78 is 30.7. The van der Waals surface area contributed by atoms with Crippen LogP contribution in [0.2, 0.25) is 0 Å². The molecule has 0 unspecified atom stereocenters. The van der Waals surface area contributed by atoms with Gasteiger partial charge in [-0.15, -0.1) is 0 Å². The Morgan fingerprint density at radius 3 is 2.27 bits per heavy atom. The lowest BCUT2D eigenvalue weighted by Crippen LogP contribution is -2.34. The molecule has 0 spiro atoms. The number of carbonyl (C=O) groups is 3. The Kier molecular flexibility index (Phi) is 7.07. The Morgan fingerprint density at radius 1 is 1.32 bits per heavy atom. The molecule has 0 saturated heterocycles. The molecule has 9 heteroatoms. The number of esters is 1. The van der Waals surface area contributed by atoms with Crippen LogP contribution in [0.3, 0.4) is 0 Å². The zero-order chi connectivity index (χ0) is 17.5. The van der Waals surface area contributed by atoms with Gasteiger partial charge in [0.05, 0.1) is 12.7 Å². The number of likely N-dealkylation sites (N-methyl/N-ethyl adjacent to an activating group) is 1. The predicted octanol–water partition coefficient (Wildman–Crippen LogP) is 1.26. The van der Waals surface area contributed by atoms with E-state index in [2.05, 4.69) is 27.9 Å². The zero-order valence-electron chi connectivity index (χ0n) is 12.4. The van der Waals surface area contributed by atoms with Crippen LogP contribution in [0.15, 0.2) is 28.9 Å². The first-order chi connectivity index (χ1) is 10.0. The van der Waals surface area contributed by atoms with E-state index in [4.69, 9.17) is 0 Å². The summed E-state index contributed by atoms with van der Waals surface area (Å²) in [5.74, 6) is -6.46. The number of rotatable bonds is 6. The number of alkyl halides is 2. The smallest absolute Gasteiger partial charge is 0.343 e. The van der Waals surface area contributed by atoms with E-state index < -0.39 is 41.3 Å². The van der Waals surface area contributed by atoms with Crippen LogP contribution in [0.4, 0.5) is 8.78 Å². The van der Waals surface area contributed by atoms with Gasteiger partial charge in [-0.2, -0.15) is 5.06 Å². The molecule has 0 fully saturated rings. The Hall–Kier alpha value is -2.58. The van der Waals surface area contributed by atoms with E-state index in [1.54, 1.807) is 0 Å². The van der Waals surface area contributed by atoms with Crippen molar-refractivity contribution in [2.45, 2.75) is 19.3 Å². The number of ether oxygens (including phenoxy) is 1. The SMILES string of the molecule is C=NC=C(C(=C)C(C)(F)F)C(=O)N(C)OC(=O)CC(=O)OC. The predicted molar refractivity (Wildman–Crippen MR) is 72.9 cm³/mol. The number of amides is 1. The summed E-state index contributed by atoms with van der Waals surface area (Å²) in [5.41, 5.74) is -1.41. The third kappa shape index (κ3) is 5.81. The van der Waals surface area contributed by atoms with Crippen LogP contribution in [-0.2, 0) is 24.0 Å². The molecule has 0 N–H and O–H groups in total. The average Bonchev–Trinajstić information content (AvgIpc) is 2.41. The fraction of sp³-hybridized carbons (Fsp3) is 0.385. The van der Waals surface area contributed by atoms with Crippen molar-refractivity contribution in [2.24, 2.45) is 4.99 Å². The molecule has 0 bridgehead atoms. The normalized spacial score (nSPS) is 11.4. The first-order valence-electron chi connectivity index (χ1n) is 5.83. The van der Waals surface area contributed by atoms with Gasteiger partial charge in [-0.3, -0.25) is 14.6 Å². The van der Waals surface area contributed by atoms with Crippen molar-refractivity contribution in [1.29, 1.82) is 0 Å². The third-order valence-corrected chi connectivity index (χ3v) is 2.35. The number of aliphatic imine (C=N–C) groups is 1. The quantitative estimate of drug-likeness (QED) is 0.184. The van der Waals surface area contributed by atoms with E-state index >= 15 is 0 Å². The summed E-state index contributed by atoms with van der Waals surface area (Å²) in [4.78, 5) is 42.0. The standard InChI is InChI=1S/C13H16F2N2O5/c1-8(13(2,14)15)9(7-16-3)12(20)17(4)22-11(19)6-10(18)21-5/h7H,1,3,6H2,2,4-5H3. The fourth-order valence-electron chi connectivity index (χ4n) is 1.18. The number of methoxy groups -OCH3 is 1. The summed E-state index contributed by atoms with van der Waals surface area (Å²) in [5, 5.41) is 0.388. The van der Waals surface area contributed by atoms with E-state index in [9.17, 15) is 23.2 Å². The molecule has 0 aromatic carbocycles. The summed E-state index contributed by atoms with van der Waals surface area (Å²) >= 11 is 0. The largest absolute Gasteiger partial charge is 0.469 e. The van der Waals surface area contributed by atoms with Crippen LogP contribution in [-0.4, -0.2) is 49.7 Å². The number of carbonyl (C=O) groups excluding carboxylic acids is 3. The molecule has 0 heterocycles. The summed E-state index contributed by atoms with van der Waals surface area (Å²) in [7, 11) is 2.07. The lowest BCUT2D eigenvalue weighted by molar-refractivity contribution is -0.191. The van der Waals surface area contributed by atoms with Gasteiger partial charge in [0.25, 0.3) is 11.8 Å². The van der Waals surface area contributed by atoms with Crippen LogP contribution in [0.25, 0.3) is 0 Å². The number of hydrogen-bond donors (Lipinski definition) is 0. The van der Waals surface area contributed by atoms with Gasteiger partial charge < -0.3 is 9.57 Å². The second kappa shape index (κ2) is 8.01. The maximum absolute atomic E-state index is 13.3. The number of nitrogens with zero attached hydrogens (tertiary/aromatic N) is 2. The van der Waals surface area contributed by atoms with Crippen molar-refractivity contribution in [3.63, 3.8) is 0 Å². The van der Waals surface area contributed by atoms with Gasteiger partial charge in [-0.25, -0.2) is 13.6 Å². The Balaban J connectivity index is 5.07. The minimum absolute atomic E-state index is 0.388. The molecule has 0 aromatic heterocycles. The highest BCUT2D eigenvalue weighted by Crippen LogP contribution is 2.28. The third-order valence-electron chi connectivity index (χ3n) is 2.35. The van der Waals surface area contributed by atoms with E-state index in [1.165, 1.54) is 0 Å². The maximum atomic E-state index is 13.3. The van der Waals surface area contributed by atoms with Crippen molar-refractivity contribution in [3.05, 3.63) is 23.9 Å². The molecule has 0 atom stereocenters. The fourth-order valence-corrected chi connectivity index (χ4v) is 1.18. The monoisotopic (exact) mass is 318 g/mol. The molecule has 22 heavy (non-hydrogen) atoms. The lowest BCUT2D eigenvalue weighted by Gasteiger charge is -2.20. The zero-order valence-corrected chi connectivity index (χ0v) is 12.4. The molecule has 0 aliphatic carbocycles. The average molecular weight is 318 g/mol. The van der Waals surface area contributed by atoms with E-state index in [0.29, 0.717) is 12.0 Å². The summed E-state index contributed by atoms with van der Waals surface area (Å²) in [6, 6.07) is 0. The molecule has 122 valence electrons. The van der Waals surface area contributed by atoms with Gasteiger partial charge in [-0.1, -0.05) is 6.58 Å². The molecular formula is C13H16F2N2O5. The van der Waals surface area contributed by atoms with E-state index in [0.717, 1.165) is 20.4 Å². The van der Waals surface area contributed by atoms with E-state index in [-0.39, 0.29) is 0 Å². The summed E-state index contributed by atoms with van der Waals surface area (Å²) in [6.45, 7) is 6.73. The Morgan fingerprint density at radius 2 is 1.86 bits per heavy atom. The highest BCUT2D eigenvalue weighted by atomic mass is 19.3. The Bertz CT molecular complexity index is 523. The van der Waals surface area contributed by atoms with Gasteiger partial charge in [0, 0.05) is 25.7 Å². The van der Waals surface area contributed by atoms with Crippen LogP contribution in [0.1, 0.15) is 13.3 Å². The topological polar surface area (TPSA) is 85.3 Å². The molecule has 0 aromatic rings. The first-order valence-corrected chi connectivity index (χ1v) is 5.83. The van der Waals surface area contributed by atoms with Gasteiger partial charge in [-0.05, 0) is 6.72 Å². The summed E-state index contributed by atoms with van der Waals surface area (Å²) in [6.07, 6.45) is 0.0322. The van der Waals surface area contributed by atoms with Crippen molar-refractivity contribution in [3.8, 4) is 0 Å². The minimum atomic E-state index is -3.39. The lowest BCUT2D eigenvalue weighted by atomic mass is 10.0. The molecule has 0 aliphatic heterocycles. The van der Waals surface area contributed by atoms with Crippen LogP contribution in [0, 0.1) is 0 Å². The van der Waals surface area contributed by atoms with Gasteiger partial charge in [0.1, 0.15) is 6.42 Å². The highest BCUT2D eigenvalue weighted by molar-refractivity contribution is 5.98. The molecular weight excluding hydrogens is 302 g/mol. The molecule has 7 nitrogen and oxygen atoms in total. The van der Waals surface area contributed by atoms with Crippen LogP contribution in [0.5, 0.6) is 0 Å². The van der Waals surface area contributed by atoms with Gasteiger partial charge in [0.2, 0.25) is 0 Å².